The third-order valence-corrected chi connectivity index (χ3v) is 6.80. The molecule has 2 aliphatic heterocycles. The first kappa shape index (κ1) is 22.3. The summed E-state index contributed by atoms with van der Waals surface area (Å²) in [6.45, 7) is 0.277. The van der Waals surface area contributed by atoms with E-state index in [1.54, 1.807) is 37.6 Å². The normalized spacial score (nSPS) is 25.6. The molecule has 3 N–H and O–H groups in total. The van der Waals surface area contributed by atoms with Gasteiger partial charge in [0.2, 0.25) is 11.8 Å². The lowest BCUT2D eigenvalue weighted by molar-refractivity contribution is -0.140. The highest BCUT2D eigenvalue weighted by Crippen LogP contribution is 2.34. The highest BCUT2D eigenvalue weighted by Gasteiger charge is 2.51. The van der Waals surface area contributed by atoms with Crippen molar-refractivity contribution in [3.8, 4) is 0 Å². The van der Waals surface area contributed by atoms with Crippen molar-refractivity contribution in [1.29, 1.82) is 0 Å². The monoisotopic (exact) mass is 461 g/mol. The maximum atomic E-state index is 13.0. The average molecular weight is 462 g/mol. The number of carbonyl (C=O) groups is 3. The summed E-state index contributed by atoms with van der Waals surface area (Å²) in [5.74, 6) is -0.751. The predicted molar refractivity (Wildman–Crippen MR) is 115 cm³/mol. The molecular weight excluding hydrogens is 437 g/mol. The van der Waals surface area contributed by atoms with Crippen molar-refractivity contribution >= 4 is 29.6 Å². The number of urea groups is 1. The Balaban J connectivity index is 1.44. The first-order chi connectivity index (χ1) is 15.3. The number of hydrogen-bond donors (Lipinski definition) is 3. The highest BCUT2D eigenvalue weighted by molar-refractivity contribution is 8.00. The van der Waals surface area contributed by atoms with Gasteiger partial charge >= 0.3 is 6.03 Å². The quantitative estimate of drug-likeness (QED) is 0.598. The summed E-state index contributed by atoms with van der Waals surface area (Å²) in [7, 11) is 3.09. The lowest BCUT2D eigenvalue weighted by Crippen LogP contribution is -2.72. The molecule has 2 saturated heterocycles. The molecule has 2 aliphatic rings. The van der Waals surface area contributed by atoms with Gasteiger partial charge in [-0.1, -0.05) is 12.1 Å². The summed E-state index contributed by atoms with van der Waals surface area (Å²) < 4.78 is 18.5. The molecule has 2 aromatic rings. The Morgan fingerprint density at radius 2 is 1.94 bits per heavy atom. The van der Waals surface area contributed by atoms with Crippen LogP contribution < -0.4 is 16.0 Å². The van der Waals surface area contributed by atoms with Crippen molar-refractivity contribution in [2.24, 2.45) is 5.92 Å². The third kappa shape index (κ3) is 4.50. The van der Waals surface area contributed by atoms with Crippen LogP contribution in [0.15, 0.2) is 47.1 Å². The van der Waals surface area contributed by atoms with Gasteiger partial charge < -0.3 is 14.6 Å². The Kier molecular flexibility index (Phi) is 6.49. The molecule has 0 saturated carbocycles. The fourth-order valence-corrected chi connectivity index (χ4v) is 4.98. The maximum absolute atomic E-state index is 13.0. The molecule has 3 heterocycles. The lowest BCUT2D eigenvalue weighted by atomic mass is 9.97. The maximum Gasteiger partial charge on any atom is 0.327 e. The fourth-order valence-electron chi connectivity index (χ4n) is 3.84. The van der Waals surface area contributed by atoms with Crippen LogP contribution in [0.25, 0.3) is 0 Å². The van der Waals surface area contributed by atoms with E-state index in [9.17, 15) is 18.8 Å². The van der Waals surface area contributed by atoms with Crippen LogP contribution in [0.1, 0.15) is 17.5 Å². The van der Waals surface area contributed by atoms with Crippen molar-refractivity contribution in [1.82, 2.24) is 25.8 Å². The van der Waals surface area contributed by atoms with Gasteiger partial charge in [0.05, 0.1) is 29.5 Å². The average Bonchev–Trinajstić information content (AvgIpc) is 3.34. The molecule has 0 radical (unpaired) electrons. The number of benzene rings is 1. The minimum absolute atomic E-state index is 0.0988. The standard InChI is InChI=1S/C21H24FN5O4S/c1-26-18-16(20(29)27(2)21(26)30)19(25-17(24-18)14-4-3-9-31-14)32-11-15(28)23-10-12-5-7-13(22)8-6-12/h3-9,16-19,24-25H,10-11H2,1-2H3,(H,23,28). The number of nitrogens with zero attached hydrogens (tertiary/aromatic N) is 2. The molecule has 4 unspecified atom stereocenters. The van der Waals surface area contributed by atoms with Gasteiger partial charge in [-0.15, -0.1) is 11.8 Å². The van der Waals surface area contributed by atoms with Crippen LogP contribution in [0.2, 0.25) is 0 Å². The first-order valence-electron chi connectivity index (χ1n) is 10.1. The molecule has 9 nitrogen and oxygen atoms in total. The molecule has 11 heteroatoms. The zero-order valence-electron chi connectivity index (χ0n) is 17.6. The van der Waals surface area contributed by atoms with E-state index in [1.165, 1.54) is 35.8 Å². The van der Waals surface area contributed by atoms with Crippen molar-refractivity contribution < 1.29 is 23.2 Å². The molecule has 32 heavy (non-hydrogen) atoms. The molecule has 0 spiro atoms. The lowest BCUT2D eigenvalue weighted by Gasteiger charge is -2.49. The number of halogens is 1. The Morgan fingerprint density at radius 1 is 1.19 bits per heavy atom. The van der Waals surface area contributed by atoms with E-state index < -0.39 is 29.7 Å². The number of rotatable bonds is 6. The van der Waals surface area contributed by atoms with E-state index >= 15 is 0 Å². The zero-order valence-corrected chi connectivity index (χ0v) is 18.4. The van der Waals surface area contributed by atoms with Gasteiger partial charge in [0.15, 0.2) is 0 Å². The number of furan rings is 1. The van der Waals surface area contributed by atoms with E-state index in [2.05, 4.69) is 16.0 Å². The number of hydrogen-bond acceptors (Lipinski definition) is 7. The molecule has 1 aromatic carbocycles. The second kappa shape index (κ2) is 9.31. The Bertz CT molecular complexity index is 987. The van der Waals surface area contributed by atoms with Crippen LogP contribution in [0.5, 0.6) is 0 Å². The van der Waals surface area contributed by atoms with Gasteiger partial charge in [-0.3, -0.25) is 25.1 Å². The number of carbonyl (C=O) groups excluding carboxylic acids is 3. The Labute approximate surface area is 188 Å². The van der Waals surface area contributed by atoms with Gasteiger partial charge in [0.25, 0.3) is 0 Å². The number of amides is 4. The third-order valence-electron chi connectivity index (χ3n) is 5.58. The molecule has 2 fully saturated rings. The molecule has 4 amide bonds. The SMILES string of the molecule is CN1C(=O)C2C(SCC(=O)NCc3ccc(F)cc3)NC(c3ccco3)NC2N(C)C1=O. The molecule has 1 aromatic heterocycles. The predicted octanol–water partition coefficient (Wildman–Crippen LogP) is 1.45. The minimum Gasteiger partial charge on any atom is -0.466 e. The van der Waals surface area contributed by atoms with Crippen LogP contribution in [-0.4, -0.2) is 59.0 Å². The van der Waals surface area contributed by atoms with Gasteiger partial charge in [0.1, 0.15) is 17.7 Å². The number of thioether (sulfide) groups is 1. The van der Waals surface area contributed by atoms with E-state index in [0.29, 0.717) is 5.76 Å². The smallest absolute Gasteiger partial charge is 0.327 e. The van der Waals surface area contributed by atoms with Crippen LogP contribution in [0, 0.1) is 11.7 Å². The summed E-state index contributed by atoms with van der Waals surface area (Å²) in [6, 6.07) is 9.05. The summed E-state index contributed by atoms with van der Waals surface area (Å²) in [4.78, 5) is 40.4. The van der Waals surface area contributed by atoms with E-state index in [4.69, 9.17) is 4.42 Å². The van der Waals surface area contributed by atoms with Crippen molar-refractivity contribution in [3.63, 3.8) is 0 Å². The topological polar surface area (TPSA) is 107 Å². The highest BCUT2D eigenvalue weighted by atomic mass is 32.2. The zero-order chi connectivity index (χ0) is 22.8. The molecule has 0 aliphatic carbocycles. The van der Waals surface area contributed by atoms with E-state index in [0.717, 1.165) is 10.5 Å². The fraction of sp³-hybridized carbons (Fsp3) is 0.381. The summed E-state index contributed by atoms with van der Waals surface area (Å²) >= 11 is 1.29. The molecule has 0 bridgehead atoms. The van der Waals surface area contributed by atoms with Gasteiger partial charge in [-0.05, 0) is 29.8 Å². The largest absolute Gasteiger partial charge is 0.466 e. The number of nitrogens with one attached hydrogen (secondary N) is 3. The van der Waals surface area contributed by atoms with Gasteiger partial charge in [-0.25, -0.2) is 9.18 Å². The number of imide groups is 1. The van der Waals surface area contributed by atoms with Crippen molar-refractivity contribution in [2.75, 3.05) is 19.8 Å². The minimum atomic E-state index is -0.594. The summed E-state index contributed by atoms with van der Waals surface area (Å²) in [5.41, 5.74) is 0.784. The van der Waals surface area contributed by atoms with E-state index in [1.807, 2.05) is 0 Å². The molecular formula is C21H24FN5O4S. The van der Waals surface area contributed by atoms with Crippen LogP contribution in [-0.2, 0) is 16.1 Å². The number of fused-ring (bicyclic) bond motifs is 1. The van der Waals surface area contributed by atoms with Crippen molar-refractivity contribution in [3.05, 3.63) is 59.8 Å². The molecule has 4 atom stereocenters. The van der Waals surface area contributed by atoms with Gasteiger partial charge in [0, 0.05) is 20.6 Å². The van der Waals surface area contributed by atoms with Crippen LogP contribution >= 0.6 is 11.8 Å². The molecule has 170 valence electrons. The second-order valence-electron chi connectivity index (χ2n) is 7.68. The summed E-state index contributed by atoms with van der Waals surface area (Å²) in [5, 5.41) is 8.95. The Morgan fingerprint density at radius 3 is 2.62 bits per heavy atom. The van der Waals surface area contributed by atoms with Crippen LogP contribution in [0.4, 0.5) is 9.18 Å². The summed E-state index contributed by atoms with van der Waals surface area (Å²) in [6.07, 6.45) is 0.560. The van der Waals surface area contributed by atoms with Crippen molar-refractivity contribution in [2.45, 2.75) is 24.3 Å². The van der Waals surface area contributed by atoms with E-state index in [-0.39, 0.29) is 29.9 Å². The van der Waals surface area contributed by atoms with Crippen LogP contribution in [0.3, 0.4) is 0 Å². The first-order valence-corrected chi connectivity index (χ1v) is 11.1. The van der Waals surface area contributed by atoms with Gasteiger partial charge in [-0.2, -0.15) is 0 Å². The molecule has 4 rings (SSSR count). The Hall–Kier alpha value is -2.89. The second-order valence-corrected chi connectivity index (χ2v) is 8.81.